The molecule has 0 saturated carbocycles. The zero-order valence-corrected chi connectivity index (χ0v) is 9.56. The van der Waals surface area contributed by atoms with Gasteiger partial charge in [-0.2, -0.15) is 0 Å². The standard InChI is InChI=1S/C11H19N3O2/c1-15-6-7-16-5-3-11(13)9-8-14-4-2-10(9)12/h2,4,8,11H,3,5-7,13H2,1H3,(H2,12,14). The molecule has 0 spiro atoms. The Morgan fingerprint density at radius 2 is 2.19 bits per heavy atom. The molecular weight excluding hydrogens is 206 g/mol. The topological polar surface area (TPSA) is 83.4 Å². The van der Waals surface area contributed by atoms with Gasteiger partial charge in [0.15, 0.2) is 0 Å². The van der Waals surface area contributed by atoms with Gasteiger partial charge in [-0.25, -0.2) is 0 Å². The molecule has 1 unspecified atom stereocenters. The summed E-state index contributed by atoms with van der Waals surface area (Å²) >= 11 is 0. The molecule has 0 aromatic carbocycles. The first kappa shape index (κ1) is 12.9. The van der Waals surface area contributed by atoms with Gasteiger partial charge < -0.3 is 20.9 Å². The van der Waals surface area contributed by atoms with Crippen LogP contribution in [0.1, 0.15) is 18.0 Å². The minimum atomic E-state index is -0.128. The number of nitrogens with two attached hydrogens (primary N) is 2. The number of rotatable bonds is 7. The molecule has 1 heterocycles. The Hall–Kier alpha value is -1.17. The van der Waals surface area contributed by atoms with Crippen molar-refractivity contribution in [1.82, 2.24) is 4.98 Å². The van der Waals surface area contributed by atoms with Gasteiger partial charge in [0.05, 0.1) is 13.2 Å². The molecule has 16 heavy (non-hydrogen) atoms. The summed E-state index contributed by atoms with van der Waals surface area (Å²) in [6.07, 6.45) is 4.08. The summed E-state index contributed by atoms with van der Waals surface area (Å²) in [4.78, 5) is 4.00. The quantitative estimate of drug-likeness (QED) is 0.668. The Balaban J connectivity index is 2.30. The summed E-state index contributed by atoms with van der Waals surface area (Å²) in [5.74, 6) is 0. The second-order valence-electron chi connectivity index (χ2n) is 3.50. The second-order valence-corrected chi connectivity index (χ2v) is 3.50. The number of aromatic nitrogens is 1. The highest BCUT2D eigenvalue weighted by atomic mass is 16.5. The van der Waals surface area contributed by atoms with Crippen LogP contribution in [0.15, 0.2) is 18.5 Å². The van der Waals surface area contributed by atoms with E-state index >= 15 is 0 Å². The van der Waals surface area contributed by atoms with E-state index in [0.717, 1.165) is 12.0 Å². The highest BCUT2D eigenvalue weighted by molar-refractivity contribution is 5.45. The maximum atomic E-state index is 5.98. The largest absolute Gasteiger partial charge is 0.398 e. The Labute approximate surface area is 95.7 Å². The number of ether oxygens (including phenoxy) is 2. The second kappa shape index (κ2) is 7.16. The molecule has 0 radical (unpaired) electrons. The van der Waals surface area contributed by atoms with Gasteiger partial charge >= 0.3 is 0 Å². The predicted molar refractivity (Wildman–Crippen MR) is 62.9 cm³/mol. The average molecular weight is 225 g/mol. The van der Waals surface area contributed by atoms with Gasteiger partial charge in [0.25, 0.3) is 0 Å². The van der Waals surface area contributed by atoms with Gasteiger partial charge in [0.1, 0.15) is 0 Å². The van der Waals surface area contributed by atoms with E-state index in [1.54, 1.807) is 25.6 Å². The van der Waals surface area contributed by atoms with Crippen molar-refractivity contribution in [2.24, 2.45) is 5.73 Å². The summed E-state index contributed by atoms with van der Waals surface area (Å²) < 4.78 is 10.2. The number of methoxy groups -OCH3 is 1. The van der Waals surface area contributed by atoms with Gasteiger partial charge in [0, 0.05) is 43.4 Å². The number of hydrogen-bond donors (Lipinski definition) is 2. The summed E-state index contributed by atoms with van der Waals surface area (Å²) in [6.45, 7) is 1.79. The van der Waals surface area contributed by atoms with Crippen molar-refractivity contribution in [2.75, 3.05) is 32.7 Å². The van der Waals surface area contributed by atoms with Crippen molar-refractivity contribution in [1.29, 1.82) is 0 Å². The molecule has 1 aromatic heterocycles. The molecule has 5 nitrogen and oxygen atoms in total. The van der Waals surface area contributed by atoms with Crippen molar-refractivity contribution < 1.29 is 9.47 Å². The van der Waals surface area contributed by atoms with Crippen LogP contribution in [0.2, 0.25) is 0 Å². The van der Waals surface area contributed by atoms with Crippen molar-refractivity contribution >= 4 is 5.69 Å². The smallest absolute Gasteiger partial charge is 0.0700 e. The molecule has 4 N–H and O–H groups in total. The summed E-state index contributed by atoms with van der Waals surface area (Å²) in [7, 11) is 1.64. The molecular formula is C11H19N3O2. The molecule has 1 rings (SSSR count). The Kier molecular flexibility index (Phi) is 5.77. The first-order valence-electron chi connectivity index (χ1n) is 5.27. The minimum Gasteiger partial charge on any atom is -0.398 e. The zero-order valence-electron chi connectivity index (χ0n) is 9.56. The van der Waals surface area contributed by atoms with Crippen molar-refractivity contribution in [2.45, 2.75) is 12.5 Å². The van der Waals surface area contributed by atoms with Crippen LogP contribution in [-0.2, 0) is 9.47 Å². The Morgan fingerprint density at radius 3 is 2.88 bits per heavy atom. The van der Waals surface area contributed by atoms with Crippen LogP contribution in [0, 0.1) is 0 Å². The number of pyridine rings is 1. The minimum absolute atomic E-state index is 0.128. The first-order valence-corrected chi connectivity index (χ1v) is 5.27. The van der Waals surface area contributed by atoms with Crippen LogP contribution >= 0.6 is 0 Å². The van der Waals surface area contributed by atoms with Gasteiger partial charge in [0.2, 0.25) is 0 Å². The van der Waals surface area contributed by atoms with Crippen LogP contribution in [-0.4, -0.2) is 31.9 Å². The third-order valence-corrected chi connectivity index (χ3v) is 2.29. The number of nitrogen functional groups attached to an aromatic ring is 1. The molecule has 0 aliphatic heterocycles. The maximum Gasteiger partial charge on any atom is 0.0700 e. The maximum absolute atomic E-state index is 5.98. The fraction of sp³-hybridized carbons (Fsp3) is 0.545. The molecule has 5 heteroatoms. The molecule has 0 aliphatic carbocycles. The summed E-state index contributed by atoms with van der Waals surface area (Å²) in [5, 5.41) is 0. The Bertz CT molecular complexity index is 307. The third kappa shape index (κ3) is 4.14. The lowest BCUT2D eigenvalue weighted by molar-refractivity contribution is 0.0672. The molecule has 0 fully saturated rings. The molecule has 0 amide bonds. The predicted octanol–water partition coefficient (Wildman–Crippen LogP) is 0.717. The summed E-state index contributed by atoms with van der Waals surface area (Å²) in [5.41, 5.74) is 13.3. The normalized spacial score (nSPS) is 12.6. The lowest BCUT2D eigenvalue weighted by Gasteiger charge is -2.13. The molecule has 90 valence electrons. The van der Waals surface area contributed by atoms with Crippen molar-refractivity contribution in [3.05, 3.63) is 24.0 Å². The lowest BCUT2D eigenvalue weighted by atomic mass is 10.1. The highest BCUT2D eigenvalue weighted by Crippen LogP contribution is 2.19. The van der Waals surface area contributed by atoms with Crippen LogP contribution in [0.4, 0.5) is 5.69 Å². The number of hydrogen-bond acceptors (Lipinski definition) is 5. The average Bonchev–Trinajstić information content (AvgIpc) is 2.29. The van der Waals surface area contributed by atoms with Crippen LogP contribution in [0.25, 0.3) is 0 Å². The third-order valence-electron chi connectivity index (χ3n) is 2.29. The van der Waals surface area contributed by atoms with E-state index in [1.165, 1.54) is 0 Å². The Morgan fingerprint density at radius 1 is 1.38 bits per heavy atom. The molecule has 0 aliphatic rings. The lowest BCUT2D eigenvalue weighted by Crippen LogP contribution is -2.16. The van der Waals surface area contributed by atoms with E-state index in [-0.39, 0.29) is 6.04 Å². The molecule has 1 atom stereocenters. The van der Waals surface area contributed by atoms with E-state index in [2.05, 4.69) is 4.98 Å². The van der Waals surface area contributed by atoms with Gasteiger partial charge in [-0.05, 0) is 12.5 Å². The first-order chi connectivity index (χ1) is 7.75. The van der Waals surface area contributed by atoms with E-state index in [0.29, 0.717) is 25.5 Å². The van der Waals surface area contributed by atoms with Gasteiger partial charge in [-0.3, -0.25) is 4.98 Å². The zero-order chi connectivity index (χ0) is 11.8. The molecule has 0 saturated heterocycles. The fourth-order valence-corrected chi connectivity index (χ4v) is 1.34. The van der Waals surface area contributed by atoms with Crippen LogP contribution < -0.4 is 11.5 Å². The van der Waals surface area contributed by atoms with Crippen molar-refractivity contribution in [3.8, 4) is 0 Å². The van der Waals surface area contributed by atoms with E-state index in [9.17, 15) is 0 Å². The fourth-order valence-electron chi connectivity index (χ4n) is 1.34. The van der Waals surface area contributed by atoms with Gasteiger partial charge in [-0.1, -0.05) is 0 Å². The van der Waals surface area contributed by atoms with Crippen molar-refractivity contribution in [3.63, 3.8) is 0 Å². The van der Waals surface area contributed by atoms with E-state index in [1.807, 2.05) is 0 Å². The van der Waals surface area contributed by atoms with E-state index < -0.39 is 0 Å². The number of nitrogens with zero attached hydrogens (tertiary/aromatic N) is 1. The highest BCUT2D eigenvalue weighted by Gasteiger charge is 2.09. The van der Waals surface area contributed by atoms with Crippen LogP contribution in [0.5, 0.6) is 0 Å². The molecule has 1 aromatic rings. The SMILES string of the molecule is COCCOCCC(N)c1cnccc1N. The van der Waals surface area contributed by atoms with Crippen LogP contribution in [0.3, 0.4) is 0 Å². The van der Waals surface area contributed by atoms with E-state index in [4.69, 9.17) is 20.9 Å². The van der Waals surface area contributed by atoms with Gasteiger partial charge in [-0.15, -0.1) is 0 Å². The summed E-state index contributed by atoms with van der Waals surface area (Å²) in [6, 6.07) is 1.62. The monoisotopic (exact) mass is 225 g/mol. The number of anilines is 1. The molecule has 0 bridgehead atoms.